The highest BCUT2D eigenvalue weighted by atomic mass is 16.6. The lowest BCUT2D eigenvalue weighted by molar-refractivity contribution is -0.00451. The fraction of sp³-hybridized carbons (Fsp3) is 0.545. The van der Waals surface area contributed by atoms with Crippen molar-refractivity contribution in [3.63, 3.8) is 0 Å². The number of unbranched alkanes of at least 4 members (excludes halogenated alkanes) is 3. The third kappa shape index (κ3) is 8.17. The number of aliphatic hydroxyl groups excluding tert-OH is 1. The highest BCUT2D eigenvalue weighted by molar-refractivity contribution is 5.58. The van der Waals surface area contributed by atoms with E-state index in [1.165, 1.54) is 36.8 Å². The van der Waals surface area contributed by atoms with Gasteiger partial charge < -0.3 is 10.4 Å². The van der Waals surface area contributed by atoms with Crippen LogP contribution in [-0.2, 0) is 4.84 Å². The number of hydroxylamine groups is 1. The molecule has 26 heavy (non-hydrogen) atoms. The van der Waals surface area contributed by atoms with E-state index in [1.54, 1.807) is 0 Å². The molecule has 1 aromatic rings. The van der Waals surface area contributed by atoms with Crippen LogP contribution in [0.2, 0.25) is 0 Å². The van der Waals surface area contributed by atoms with Crippen molar-refractivity contribution in [3.8, 4) is 0 Å². The average molecular weight is 359 g/mol. The van der Waals surface area contributed by atoms with Crippen molar-refractivity contribution in [1.82, 2.24) is 10.8 Å². The highest BCUT2D eigenvalue weighted by Gasteiger charge is 2.11. The van der Waals surface area contributed by atoms with Crippen LogP contribution in [0.1, 0.15) is 57.4 Å². The molecule has 0 aromatic heterocycles. The quantitative estimate of drug-likeness (QED) is 0.387. The maximum atomic E-state index is 10.0. The lowest BCUT2D eigenvalue weighted by Gasteiger charge is -2.20. The van der Waals surface area contributed by atoms with Crippen LogP contribution in [0.5, 0.6) is 0 Å². The van der Waals surface area contributed by atoms with Gasteiger partial charge in [-0.1, -0.05) is 62.6 Å². The van der Waals surface area contributed by atoms with E-state index < -0.39 is 6.10 Å². The van der Waals surface area contributed by atoms with E-state index in [9.17, 15) is 5.11 Å². The summed E-state index contributed by atoms with van der Waals surface area (Å²) in [6, 6.07) is 10.3. The molecule has 0 aliphatic heterocycles. The Morgan fingerprint density at radius 1 is 1.19 bits per heavy atom. The Morgan fingerprint density at radius 2 is 2.04 bits per heavy atom. The summed E-state index contributed by atoms with van der Waals surface area (Å²) < 4.78 is 0. The summed E-state index contributed by atoms with van der Waals surface area (Å²) in [6.07, 6.45) is 12.1. The van der Waals surface area contributed by atoms with Gasteiger partial charge in [-0.25, -0.2) is 0 Å². The zero-order chi connectivity index (χ0) is 18.5. The van der Waals surface area contributed by atoms with Gasteiger partial charge in [0, 0.05) is 6.54 Å². The Kier molecular flexibility index (Phi) is 10.1. The Bertz CT molecular complexity index is 555. The van der Waals surface area contributed by atoms with E-state index in [2.05, 4.69) is 42.0 Å². The van der Waals surface area contributed by atoms with E-state index in [0.717, 1.165) is 31.5 Å². The Hall–Kier alpha value is -1.62. The number of rotatable bonds is 12. The summed E-state index contributed by atoms with van der Waals surface area (Å²) in [5, 5.41) is 13.3. The molecule has 3 N–H and O–H groups in total. The Labute approximate surface area is 158 Å². The van der Waals surface area contributed by atoms with Crippen LogP contribution in [0, 0.1) is 0 Å². The molecule has 2 rings (SSSR count). The van der Waals surface area contributed by atoms with Crippen LogP contribution < -0.4 is 10.8 Å². The largest absolute Gasteiger partial charge is 0.389 e. The number of hydrogen-bond acceptors (Lipinski definition) is 4. The second kappa shape index (κ2) is 12.7. The number of allylic oxidation sites excluding steroid dienone is 2. The zero-order valence-electron chi connectivity index (χ0n) is 16.0. The van der Waals surface area contributed by atoms with Gasteiger partial charge in [-0.05, 0) is 49.4 Å². The van der Waals surface area contributed by atoms with Gasteiger partial charge in [0.15, 0.2) is 0 Å². The molecule has 1 atom stereocenters. The Morgan fingerprint density at radius 3 is 2.85 bits per heavy atom. The molecule has 0 saturated heterocycles. The molecule has 0 bridgehead atoms. The van der Waals surface area contributed by atoms with Gasteiger partial charge in [0.1, 0.15) is 6.61 Å². The smallest absolute Gasteiger partial charge is 0.102 e. The van der Waals surface area contributed by atoms with Crippen LogP contribution >= 0.6 is 0 Å². The lowest BCUT2D eigenvalue weighted by Crippen LogP contribution is -2.33. The second-order valence-electron chi connectivity index (χ2n) is 6.92. The van der Waals surface area contributed by atoms with Crippen LogP contribution in [0.25, 0.3) is 6.08 Å². The third-order valence-corrected chi connectivity index (χ3v) is 4.53. The molecule has 0 radical (unpaired) electrons. The van der Waals surface area contributed by atoms with Gasteiger partial charge >= 0.3 is 0 Å². The molecule has 1 aromatic carbocycles. The fourth-order valence-electron chi connectivity index (χ4n) is 3.03. The predicted octanol–water partition coefficient (Wildman–Crippen LogP) is 4.19. The first-order valence-electron chi connectivity index (χ1n) is 10.0. The van der Waals surface area contributed by atoms with E-state index in [-0.39, 0.29) is 6.61 Å². The zero-order valence-corrected chi connectivity index (χ0v) is 16.0. The molecular weight excluding hydrogens is 324 g/mol. The van der Waals surface area contributed by atoms with Crippen molar-refractivity contribution in [3.05, 3.63) is 53.2 Å². The minimum atomic E-state index is -0.501. The van der Waals surface area contributed by atoms with E-state index in [4.69, 9.17) is 4.84 Å². The standard InChI is InChI=1S/C22H34N2O2/c1-2-3-4-10-15-23-17-21(25)18-26-24-22-14-9-8-13-20(22)16-19-11-6-5-7-12-19/h5-7,11-12,14,16,21,23-25H,2-4,8-10,13,15,17-18H2,1H3/t21-/m0/s1. The molecule has 1 aliphatic carbocycles. The number of nitrogens with one attached hydrogen (secondary N) is 2. The highest BCUT2D eigenvalue weighted by Crippen LogP contribution is 2.24. The van der Waals surface area contributed by atoms with Gasteiger partial charge in [0.05, 0.1) is 11.8 Å². The van der Waals surface area contributed by atoms with Gasteiger partial charge in [0.25, 0.3) is 0 Å². The van der Waals surface area contributed by atoms with Crippen LogP contribution in [0.4, 0.5) is 0 Å². The van der Waals surface area contributed by atoms with Crippen molar-refractivity contribution in [2.24, 2.45) is 0 Å². The minimum Gasteiger partial charge on any atom is -0.389 e. The van der Waals surface area contributed by atoms with Crippen molar-refractivity contribution < 1.29 is 9.94 Å². The number of hydrogen-bond donors (Lipinski definition) is 3. The lowest BCUT2D eigenvalue weighted by atomic mass is 9.97. The summed E-state index contributed by atoms with van der Waals surface area (Å²) >= 11 is 0. The van der Waals surface area contributed by atoms with Gasteiger partial charge in [0.2, 0.25) is 0 Å². The number of aliphatic hydroxyl groups is 1. The summed E-state index contributed by atoms with van der Waals surface area (Å²) in [5.41, 5.74) is 6.53. The van der Waals surface area contributed by atoms with Crippen molar-refractivity contribution in [1.29, 1.82) is 0 Å². The number of benzene rings is 1. The minimum absolute atomic E-state index is 0.276. The van der Waals surface area contributed by atoms with Crippen LogP contribution in [0.3, 0.4) is 0 Å². The molecule has 4 nitrogen and oxygen atoms in total. The first kappa shape index (κ1) is 20.7. The topological polar surface area (TPSA) is 53.5 Å². The molecule has 4 heteroatoms. The maximum Gasteiger partial charge on any atom is 0.102 e. The molecule has 1 aliphatic rings. The predicted molar refractivity (Wildman–Crippen MR) is 108 cm³/mol. The van der Waals surface area contributed by atoms with E-state index in [1.807, 2.05) is 18.2 Å². The SMILES string of the molecule is CCCCCCNC[C@H](O)CONC1=CCCCC1=Cc1ccccc1. The van der Waals surface area contributed by atoms with Gasteiger partial charge in [-0.2, -0.15) is 0 Å². The summed E-state index contributed by atoms with van der Waals surface area (Å²) in [5.74, 6) is 0. The fourth-order valence-corrected chi connectivity index (χ4v) is 3.03. The monoisotopic (exact) mass is 358 g/mol. The summed E-state index contributed by atoms with van der Waals surface area (Å²) in [7, 11) is 0. The van der Waals surface area contributed by atoms with Crippen LogP contribution in [0.15, 0.2) is 47.7 Å². The second-order valence-corrected chi connectivity index (χ2v) is 6.92. The molecule has 0 saturated carbocycles. The molecule has 144 valence electrons. The molecule has 0 fully saturated rings. The first-order valence-corrected chi connectivity index (χ1v) is 10.0. The normalized spacial score (nSPS) is 17.2. The maximum absolute atomic E-state index is 10.0. The Balaban J connectivity index is 1.68. The molecule has 0 unspecified atom stereocenters. The first-order chi connectivity index (χ1) is 12.8. The molecule has 0 heterocycles. The van der Waals surface area contributed by atoms with E-state index >= 15 is 0 Å². The third-order valence-electron chi connectivity index (χ3n) is 4.53. The molecule has 0 spiro atoms. The summed E-state index contributed by atoms with van der Waals surface area (Å²) in [4.78, 5) is 5.55. The van der Waals surface area contributed by atoms with Crippen molar-refractivity contribution in [2.75, 3.05) is 19.7 Å². The van der Waals surface area contributed by atoms with E-state index in [0.29, 0.717) is 6.54 Å². The van der Waals surface area contributed by atoms with Crippen molar-refractivity contribution >= 4 is 6.08 Å². The van der Waals surface area contributed by atoms with Gasteiger partial charge in [-0.15, -0.1) is 0 Å². The molecular formula is C22H34N2O2. The summed E-state index contributed by atoms with van der Waals surface area (Å²) in [6.45, 7) is 4.01. The average Bonchev–Trinajstić information content (AvgIpc) is 2.67. The van der Waals surface area contributed by atoms with Gasteiger partial charge in [-0.3, -0.25) is 10.3 Å². The van der Waals surface area contributed by atoms with Crippen LogP contribution in [-0.4, -0.2) is 30.9 Å². The molecule has 0 amide bonds. The van der Waals surface area contributed by atoms with Crippen molar-refractivity contribution in [2.45, 2.75) is 58.0 Å².